The highest BCUT2D eigenvalue weighted by Gasteiger charge is 2.53. The van der Waals surface area contributed by atoms with Crippen LogP contribution in [0.25, 0.3) is 0 Å². The second-order valence-corrected chi connectivity index (χ2v) is 13.6. The van der Waals surface area contributed by atoms with E-state index in [0.717, 1.165) is 5.56 Å². The SMILES string of the molecule is CC1=C(C(=O)OCCNC(=S)Nc2ccc3c(c2)C(=O)OC32c3ccc(O)cc3Oc3cc(O)ccc32)C(c2ccc(F)cc2Cl)N=C(c2ccncc2)N1. The Hall–Kier alpha value is -6.51. The number of fused-ring (bicyclic) bond motifs is 6. The van der Waals surface area contributed by atoms with Gasteiger partial charge in [0, 0.05) is 68.8 Å². The van der Waals surface area contributed by atoms with Gasteiger partial charge in [0.2, 0.25) is 0 Å². The van der Waals surface area contributed by atoms with Gasteiger partial charge in [0.15, 0.2) is 10.7 Å². The molecule has 12 nitrogen and oxygen atoms in total. The number of pyridine rings is 1. The van der Waals surface area contributed by atoms with Crippen LogP contribution in [0.15, 0.2) is 114 Å². The highest BCUT2D eigenvalue weighted by Crippen LogP contribution is 2.57. The molecule has 1 atom stereocenters. The lowest BCUT2D eigenvalue weighted by Gasteiger charge is -2.36. The van der Waals surface area contributed by atoms with Crippen molar-refractivity contribution in [2.45, 2.75) is 18.6 Å². The van der Waals surface area contributed by atoms with Crippen LogP contribution < -0.4 is 20.7 Å². The predicted octanol–water partition coefficient (Wildman–Crippen LogP) is 6.75. The number of benzene rings is 4. The van der Waals surface area contributed by atoms with E-state index in [1.54, 1.807) is 61.8 Å². The number of ether oxygens (including phenoxy) is 3. The Morgan fingerprint density at radius 2 is 1.67 bits per heavy atom. The Kier molecular flexibility index (Phi) is 9.07. The van der Waals surface area contributed by atoms with Gasteiger partial charge >= 0.3 is 11.9 Å². The number of halogens is 2. The number of esters is 2. The summed E-state index contributed by atoms with van der Waals surface area (Å²) in [6.45, 7) is 1.78. The van der Waals surface area contributed by atoms with E-state index in [-0.39, 0.29) is 57.4 Å². The molecule has 3 aliphatic heterocycles. The lowest BCUT2D eigenvalue weighted by Crippen LogP contribution is -2.34. The number of amidine groups is 1. The highest BCUT2D eigenvalue weighted by molar-refractivity contribution is 7.80. The summed E-state index contributed by atoms with van der Waals surface area (Å²) >= 11 is 11.9. The normalized spacial score (nSPS) is 16.1. The Bertz CT molecular complexity index is 2440. The minimum Gasteiger partial charge on any atom is -0.508 e. The van der Waals surface area contributed by atoms with Gasteiger partial charge in [0.1, 0.15) is 47.3 Å². The summed E-state index contributed by atoms with van der Waals surface area (Å²) in [6, 6.07) is 20.7. The fourth-order valence-corrected chi connectivity index (χ4v) is 7.38. The maximum atomic E-state index is 14.0. The summed E-state index contributed by atoms with van der Waals surface area (Å²) in [5.74, 6) is -0.822. The number of nitrogens with one attached hydrogen (secondary N) is 3. The molecule has 0 amide bonds. The second kappa shape index (κ2) is 14.0. The largest absolute Gasteiger partial charge is 0.508 e. The first-order chi connectivity index (χ1) is 26.5. The van der Waals surface area contributed by atoms with Crippen LogP contribution in [0.2, 0.25) is 5.02 Å². The van der Waals surface area contributed by atoms with Gasteiger partial charge in [0.05, 0.1) is 17.7 Å². The first-order valence-corrected chi connectivity index (χ1v) is 17.7. The van der Waals surface area contributed by atoms with Crippen molar-refractivity contribution in [3.8, 4) is 23.0 Å². The molecule has 0 radical (unpaired) electrons. The van der Waals surface area contributed by atoms with Crippen molar-refractivity contribution in [3.05, 3.63) is 153 Å². The van der Waals surface area contributed by atoms with E-state index in [1.807, 2.05) is 0 Å². The van der Waals surface area contributed by atoms with Crippen LogP contribution in [-0.4, -0.2) is 51.2 Å². The summed E-state index contributed by atoms with van der Waals surface area (Å²) in [7, 11) is 0. The van der Waals surface area contributed by atoms with Crippen molar-refractivity contribution in [2.75, 3.05) is 18.5 Å². The standard InChI is InChI=1S/C40H29ClFN5O7S/c1-20-34(35(26-6-2-22(42)16-31(26)41)47-36(45-20)21-10-12-43-13-11-21)38(51)52-15-14-44-39(55)46-23-3-7-28-27(17-23)37(50)54-40(28)29-8-4-24(48)18-32(29)53-33-19-25(49)5-9-30(33)40/h2-13,16-19,35,48-49H,14-15H2,1H3,(H,45,47)(H2,44,46,55). The summed E-state index contributed by atoms with van der Waals surface area (Å²) < 4.78 is 31.7. The quantitative estimate of drug-likeness (QED) is 0.0673. The molecule has 1 unspecified atom stereocenters. The number of hydrogen-bond acceptors (Lipinski definition) is 11. The number of phenolic OH excluding ortho intramolecular Hbond substituents is 2. The molecule has 0 aliphatic carbocycles. The molecule has 15 heteroatoms. The number of aliphatic imine (C=N–C) groups is 1. The van der Waals surface area contributed by atoms with E-state index >= 15 is 0 Å². The number of allylic oxidation sites excluding steroid dienone is 1. The third kappa shape index (κ3) is 6.44. The van der Waals surface area contributed by atoms with Crippen molar-refractivity contribution in [1.29, 1.82) is 0 Å². The number of carbonyl (C=O) groups is 2. The summed E-state index contributed by atoms with van der Waals surface area (Å²) in [5, 5.41) is 29.8. The number of aromatic nitrogens is 1. The van der Waals surface area contributed by atoms with Crippen LogP contribution in [0.4, 0.5) is 10.1 Å². The van der Waals surface area contributed by atoms with Crippen LogP contribution >= 0.6 is 23.8 Å². The summed E-state index contributed by atoms with van der Waals surface area (Å²) in [5.41, 5.74) is 2.77. The fraction of sp³-hybridized carbons (Fsp3) is 0.125. The number of anilines is 1. The molecule has 5 N–H and O–H groups in total. The van der Waals surface area contributed by atoms with Gasteiger partial charge in [-0.25, -0.2) is 14.0 Å². The first kappa shape index (κ1) is 35.5. The number of rotatable bonds is 7. The Morgan fingerprint density at radius 3 is 2.36 bits per heavy atom. The zero-order chi connectivity index (χ0) is 38.4. The molecule has 1 spiro atoms. The monoisotopic (exact) mass is 777 g/mol. The van der Waals surface area contributed by atoms with E-state index < -0.39 is 29.4 Å². The van der Waals surface area contributed by atoms with Gasteiger partial charge < -0.3 is 40.4 Å². The van der Waals surface area contributed by atoms with E-state index in [2.05, 4.69) is 20.9 Å². The molecule has 0 saturated heterocycles. The van der Waals surface area contributed by atoms with Crippen LogP contribution in [0, 0.1) is 5.82 Å². The molecule has 4 aromatic carbocycles. The Balaban J connectivity index is 0.953. The second-order valence-electron chi connectivity index (χ2n) is 12.8. The molecule has 55 heavy (non-hydrogen) atoms. The molecule has 1 aromatic heterocycles. The van der Waals surface area contributed by atoms with E-state index in [9.17, 15) is 24.2 Å². The fourth-order valence-electron chi connectivity index (χ4n) is 6.89. The minimum absolute atomic E-state index is 0.0422. The zero-order valence-corrected chi connectivity index (χ0v) is 30.3. The van der Waals surface area contributed by atoms with E-state index in [1.165, 1.54) is 42.5 Å². The van der Waals surface area contributed by atoms with Crippen LogP contribution in [0.3, 0.4) is 0 Å². The molecule has 8 rings (SSSR count). The third-order valence-corrected chi connectivity index (χ3v) is 9.90. The molecular weight excluding hydrogens is 749 g/mol. The number of thiocarbonyl (C=S) groups is 1. The van der Waals surface area contributed by atoms with Gasteiger partial charge in [-0.2, -0.15) is 0 Å². The molecule has 0 saturated carbocycles. The first-order valence-electron chi connectivity index (χ1n) is 16.9. The van der Waals surface area contributed by atoms with E-state index in [0.29, 0.717) is 39.5 Å². The maximum absolute atomic E-state index is 14.0. The van der Waals surface area contributed by atoms with Gasteiger partial charge in [-0.1, -0.05) is 23.7 Å². The highest BCUT2D eigenvalue weighted by atomic mass is 35.5. The predicted molar refractivity (Wildman–Crippen MR) is 204 cm³/mol. The summed E-state index contributed by atoms with van der Waals surface area (Å²) in [6.07, 6.45) is 3.24. The van der Waals surface area contributed by atoms with Gasteiger partial charge in [0.25, 0.3) is 0 Å². The Morgan fingerprint density at radius 1 is 0.982 bits per heavy atom. The molecule has 276 valence electrons. The van der Waals surface area contributed by atoms with Crippen LogP contribution in [-0.2, 0) is 19.9 Å². The molecule has 5 aromatic rings. The zero-order valence-electron chi connectivity index (χ0n) is 28.7. The average molecular weight is 778 g/mol. The average Bonchev–Trinajstić information content (AvgIpc) is 3.44. The van der Waals surface area contributed by atoms with Crippen LogP contribution in [0.5, 0.6) is 23.0 Å². The minimum atomic E-state index is -1.40. The molecule has 4 heterocycles. The molecule has 0 fully saturated rings. The number of phenols is 2. The number of aromatic hydroxyl groups is 2. The molecular formula is C40H29ClFN5O7S. The maximum Gasteiger partial charge on any atom is 0.340 e. The van der Waals surface area contributed by atoms with Gasteiger partial charge in [-0.15, -0.1) is 0 Å². The lowest BCUT2D eigenvalue weighted by molar-refractivity contribution is -0.139. The van der Waals surface area contributed by atoms with Crippen molar-refractivity contribution in [3.63, 3.8) is 0 Å². The van der Waals surface area contributed by atoms with Crippen molar-refractivity contribution in [2.24, 2.45) is 4.99 Å². The van der Waals surface area contributed by atoms with Crippen LogP contribution in [0.1, 0.15) is 51.1 Å². The topological polar surface area (TPSA) is 164 Å². The number of hydrogen-bond donors (Lipinski definition) is 5. The van der Waals surface area contributed by atoms with E-state index in [4.69, 9.17) is 43.0 Å². The van der Waals surface area contributed by atoms with Gasteiger partial charge in [-0.3, -0.25) is 9.98 Å². The van der Waals surface area contributed by atoms with Crippen molar-refractivity contribution < 1.29 is 38.4 Å². The van der Waals surface area contributed by atoms with Gasteiger partial charge in [-0.05, 0) is 79.8 Å². The molecule has 3 aliphatic rings. The third-order valence-electron chi connectivity index (χ3n) is 9.32. The lowest BCUT2D eigenvalue weighted by atomic mass is 9.77. The van der Waals surface area contributed by atoms with Crippen molar-refractivity contribution in [1.82, 2.24) is 15.6 Å². The Labute approximate surface area is 323 Å². The number of nitrogens with zero attached hydrogens (tertiary/aromatic N) is 2. The smallest absolute Gasteiger partial charge is 0.340 e. The molecule has 0 bridgehead atoms. The number of carbonyl (C=O) groups excluding carboxylic acids is 2. The van der Waals surface area contributed by atoms with Crippen molar-refractivity contribution >= 4 is 52.4 Å². The summed E-state index contributed by atoms with van der Waals surface area (Å²) in [4.78, 5) is 35.8.